The Labute approximate surface area is 89.6 Å². The summed E-state index contributed by atoms with van der Waals surface area (Å²) >= 11 is 0. The Kier molecular flexibility index (Phi) is 3.07. The third-order valence-corrected chi connectivity index (χ3v) is 3.08. The smallest absolute Gasteiger partial charge is 0.323 e. The van der Waals surface area contributed by atoms with Gasteiger partial charge in [-0.05, 0) is 31.6 Å². The van der Waals surface area contributed by atoms with Crippen molar-refractivity contribution in [3.05, 3.63) is 0 Å². The summed E-state index contributed by atoms with van der Waals surface area (Å²) in [5.41, 5.74) is -1.40. The van der Waals surface area contributed by atoms with Crippen LogP contribution in [0, 0.1) is 10.8 Å². The molecule has 15 heavy (non-hydrogen) atoms. The SMILES string of the molecule is CCOC(=O)C1(C(=O)O)CCC(C)(C)C1. The number of carbonyl (C=O) groups is 2. The lowest BCUT2D eigenvalue weighted by Crippen LogP contribution is -2.39. The fourth-order valence-corrected chi connectivity index (χ4v) is 2.26. The molecule has 1 N–H and O–H groups in total. The van der Waals surface area contributed by atoms with Gasteiger partial charge in [-0.15, -0.1) is 0 Å². The molecule has 0 heterocycles. The zero-order valence-corrected chi connectivity index (χ0v) is 9.50. The second kappa shape index (κ2) is 3.83. The van der Waals surface area contributed by atoms with Gasteiger partial charge < -0.3 is 9.84 Å². The van der Waals surface area contributed by atoms with Gasteiger partial charge in [-0.25, -0.2) is 0 Å². The molecule has 0 saturated heterocycles. The Morgan fingerprint density at radius 2 is 1.93 bits per heavy atom. The van der Waals surface area contributed by atoms with E-state index < -0.39 is 17.4 Å². The van der Waals surface area contributed by atoms with Crippen molar-refractivity contribution in [2.75, 3.05) is 6.61 Å². The summed E-state index contributed by atoms with van der Waals surface area (Å²) in [7, 11) is 0. The third kappa shape index (κ3) is 2.13. The van der Waals surface area contributed by atoms with Crippen molar-refractivity contribution >= 4 is 11.9 Å². The van der Waals surface area contributed by atoms with E-state index in [0.717, 1.165) is 6.42 Å². The second-order valence-corrected chi connectivity index (χ2v) is 4.95. The highest BCUT2D eigenvalue weighted by molar-refractivity contribution is 5.99. The van der Waals surface area contributed by atoms with Gasteiger partial charge in [0.2, 0.25) is 0 Å². The Bertz CT molecular complexity index is 282. The normalized spacial score (nSPS) is 28.7. The first-order chi connectivity index (χ1) is 6.84. The third-order valence-electron chi connectivity index (χ3n) is 3.08. The number of rotatable bonds is 3. The number of ether oxygens (including phenoxy) is 1. The number of hydrogen-bond acceptors (Lipinski definition) is 3. The summed E-state index contributed by atoms with van der Waals surface area (Å²) in [6.45, 7) is 5.88. The minimum Gasteiger partial charge on any atom is -0.480 e. The van der Waals surface area contributed by atoms with Crippen molar-refractivity contribution in [3.8, 4) is 0 Å². The van der Waals surface area contributed by atoms with Crippen LogP contribution in [0.1, 0.15) is 40.0 Å². The maximum atomic E-state index is 11.7. The first-order valence-electron chi connectivity index (χ1n) is 5.25. The molecule has 1 unspecified atom stereocenters. The topological polar surface area (TPSA) is 63.6 Å². The van der Waals surface area contributed by atoms with Crippen molar-refractivity contribution in [1.29, 1.82) is 0 Å². The zero-order chi connectivity index (χ0) is 11.7. The molecule has 4 nitrogen and oxygen atoms in total. The summed E-state index contributed by atoms with van der Waals surface area (Å²) in [5, 5.41) is 9.19. The molecule has 0 aromatic carbocycles. The van der Waals surface area contributed by atoms with Gasteiger partial charge in [-0.3, -0.25) is 9.59 Å². The molecule has 0 amide bonds. The Morgan fingerprint density at radius 1 is 1.33 bits per heavy atom. The fraction of sp³-hybridized carbons (Fsp3) is 0.818. The first-order valence-corrected chi connectivity index (χ1v) is 5.25. The number of carbonyl (C=O) groups excluding carboxylic acids is 1. The molecule has 1 fully saturated rings. The van der Waals surface area contributed by atoms with Crippen LogP contribution in [0.15, 0.2) is 0 Å². The van der Waals surface area contributed by atoms with Crippen molar-refractivity contribution in [2.45, 2.75) is 40.0 Å². The van der Waals surface area contributed by atoms with Crippen molar-refractivity contribution < 1.29 is 19.4 Å². The molecule has 1 aliphatic rings. The number of hydrogen-bond donors (Lipinski definition) is 1. The lowest BCUT2D eigenvalue weighted by atomic mass is 9.81. The van der Waals surface area contributed by atoms with E-state index in [-0.39, 0.29) is 12.0 Å². The molecule has 0 aliphatic heterocycles. The van der Waals surface area contributed by atoms with Crippen molar-refractivity contribution in [1.82, 2.24) is 0 Å². The highest BCUT2D eigenvalue weighted by Gasteiger charge is 2.55. The van der Waals surface area contributed by atoms with Gasteiger partial charge in [0, 0.05) is 0 Å². The molecule has 0 radical (unpaired) electrons. The van der Waals surface area contributed by atoms with Crippen LogP contribution < -0.4 is 0 Å². The van der Waals surface area contributed by atoms with Crippen molar-refractivity contribution in [2.24, 2.45) is 10.8 Å². The number of carboxylic acids is 1. The maximum absolute atomic E-state index is 11.7. The molecule has 0 aromatic rings. The van der Waals surface area contributed by atoms with E-state index in [0.29, 0.717) is 12.8 Å². The highest BCUT2D eigenvalue weighted by Crippen LogP contribution is 2.49. The molecule has 1 atom stereocenters. The Hall–Kier alpha value is -1.06. The summed E-state index contributed by atoms with van der Waals surface area (Å²) in [5.74, 6) is -1.63. The lowest BCUT2D eigenvalue weighted by molar-refractivity contribution is -0.168. The molecule has 86 valence electrons. The van der Waals surface area contributed by atoms with E-state index in [9.17, 15) is 14.7 Å². The second-order valence-electron chi connectivity index (χ2n) is 4.95. The van der Waals surface area contributed by atoms with E-state index in [1.54, 1.807) is 6.92 Å². The number of aliphatic carboxylic acids is 1. The first kappa shape index (κ1) is 12.0. The van der Waals surface area contributed by atoms with Gasteiger partial charge in [0.25, 0.3) is 0 Å². The van der Waals surface area contributed by atoms with E-state index in [4.69, 9.17) is 4.74 Å². The van der Waals surface area contributed by atoms with Crippen LogP contribution in [0.25, 0.3) is 0 Å². The summed E-state index contributed by atoms with van der Waals surface area (Å²) in [6.07, 6.45) is 1.50. The Morgan fingerprint density at radius 3 is 2.27 bits per heavy atom. The largest absolute Gasteiger partial charge is 0.480 e. The zero-order valence-electron chi connectivity index (χ0n) is 9.50. The van der Waals surface area contributed by atoms with Gasteiger partial charge >= 0.3 is 11.9 Å². The van der Waals surface area contributed by atoms with E-state index in [1.807, 2.05) is 13.8 Å². The quantitative estimate of drug-likeness (QED) is 0.575. The Balaban J connectivity index is 2.92. The van der Waals surface area contributed by atoms with Gasteiger partial charge in [-0.1, -0.05) is 13.8 Å². The average Bonchev–Trinajstić information content (AvgIpc) is 2.44. The number of esters is 1. The predicted molar refractivity (Wildman–Crippen MR) is 54.3 cm³/mol. The van der Waals surface area contributed by atoms with Crippen LogP contribution >= 0.6 is 0 Å². The van der Waals surface area contributed by atoms with Crippen LogP contribution in [0.2, 0.25) is 0 Å². The number of carboxylic acid groups (broad SMARTS) is 1. The minimum absolute atomic E-state index is 0.0921. The molecule has 1 saturated carbocycles. The van der Waals surface area contributed by atoms with Crippen LogP contribution in [0.4, 0.5) is 0 Å². The van der Waals surface area contributed by atoms with E-state index >= 15 is 0 Å². The van der Waals surface area contributed by atoms with Crippen LogP contribution in [-0.4, -0.2) is 23.7 Å². The van der Waals surface area contributed by atoms with Gasteiger partial charge in [0.15, 0.2) is 5.41 Å². The van der Waals surface area contributed by atoms with Gasteiger partial charge in [-0.2, -0.15) is 0 Å². The molecular formula is C11H18O4. The summed E-state index contributed by atoms with van der Waals surface area (Å²) in [4.78, 5) is 22.9. The van der Waals surface area contributed by atoms with Crippen LogP contribution in [0.5, 0.6) is 0 Å². The molecule has 0 bridgehead atoms. The van der Waals surface area contributed by atoms with Gasteiger partial charge in [0.1, 0.15) is 0 Å². The minimum atomic E-state index is -1.31. The summed E-state index contributed by atoms with van der Waals surface area (Å²) in [6, 6.07) is 0. The predicted octanol–water partition coefficient (Wildman–Crippen LogP) is 1.83. The maximum Gasteiger partial charge on any atom is 0.323 e. The van der Waals surface area contributed by atoms with Gasteiger partial charge in [0.05, 0.1) is 6.61 Å². The molecule has 0 aromatic heterocycles. The monoisotopic (exact) mass is 214 g/mol. The molecule has 1 aliphatic carbocycles. The highest BCUT2D eigenvalue weighted by atomic mass is 16.5. The van der Waals surface area contributed by atoms with E-state index in [2.05, 4.69) is 0 Å². The molecular weight excluding hydrogens is 196 g/mol. The molecule has 0 spiro atoms. The van der Waals surface area contributed by atoms with Crippen molar-refractivity contribution in [3.63, 3.8) is 0 Å². The average molecular weight is 214 g/mol. The molecule has 1 rings (SSSR count). The standard InChI is InChI=1S/C11H18O4/c1-4-15-9(14)11(8(12)13)6-5-10(2,3)7-11/h4-7H2,1-3H3,(H,12,13). The lowest BCUT2D eigenvalue weighted by Gasteiger charge is -2.24. The fourth-order valence-electron chi connectivity index (χ4n) is 2.26. The van der Waals surface area contributed by atoms with Crippen LogP contribution in [-0.2, 0) is 14.3 Å². The molecule has 4 heteroatoms. The van der Waals surface area contributed by atoms with Crippen LogP contribution in [0.3, 0.4) is 0 Å². The van der Waals surface area contributed by atoms with E-state index in [1.165, 1.54) is 0 Å². The summed E-state index contributed by atoms with van der Waals surface area (Å²) < 4.78 is 4.86.